The molecule has 0 unspecified atom stereocenters. The van der Waals surface area contributed by atoms with E-state index in [1.807, 2.05) is 0 Å². The maximum absolute atomic E-state index is 13.4. The number of hydrogen-bond acceptors (Lipinski definition) is 4. The van der Waals surface area contributed by atoms with Crippen LogP contribution in [-0.4, -0.2) is 20.1 Å². The summed E-state index contributed by atoms with van der Waals surface area (Å²) >= 11 is 0. The Labute approximate surface area is 88.5 Å². The summed E-state index contributed by atoms with van der Waals surface area (Å²) in [7, 11) is 0. The van der Waals surface area contributed by atoms with Gasteiger partial charge in [-0.3, -0.25) is 9.20 Å². The Morgan fingerprint density at radius 2 is 2.31 bits per heavy atom. The van der Waals surface area contributed by atoms with Gasteiger partial charge < -0.3 is 10.1 Å². The first-order valence-electron chi connectivity index (χ1n) is 4.34. The van der Waals surface area contributed by atoms with Crippen LogP contribution in [0.5, 0.6) is 0 Å². The van der Waals surface area contributed by atoms with Crippen molar-refractivity contribution in [3.63, 3.8) is 0 Å². The number of halogens is 1. The third-order valence-corrected chi connectivity index (χ3v) is 2.08. The number of Topliss-reactive ketones (excluding diaryl/α,β-unsaturated/α-hetero) is 1. The third-order valence-electron chi connectivity index (χ3n) is 2.08. The van der Waals surface area contributed by atoms with Crippen molar-refractivity contribution in [3.8, 4) is 0 Å². The van der Waals surface area contributed by atoms with E-state index in [9.17, 15) is 19.3 Å². The van der Waals surface area contributed by atoms with Gasteiger partial charge in [-0.25, -0.2) is 4.39 Å². The molecule has 0 aliphatic heterocycles. The molecule has 0 bridgehead atoms. The highest BCUT2D eigenvalue weighted by Gasteiger charge is 2.26. The molecule has 16 heavy (non-hydrogen) atoms. The molecule has 2 aromatic heterocycles. The average Bonchev–Trinajstić information content (AvgIpc) is 2.58. The van der Waals surface area contributed by atoms with Crippen LogP contribution >= 0.6 is 0 Å². The number of ketones is 1. The van der Waals surface area contributed by atoms with Crippen molar-refractivity contribution < 1.29 is 14.1 Å². The van der Waals surface area contributed by atoms with E-state index < -0.39 is 22.3 Å². The molecule has 0 atom stereocenters. The van der Waals surface area contributed by atoms with E-state index in [-0.39, 0.29) is 11.3 Å². The topological polar surface area (TPSA) is 77.5 Å². The largest absolute Gasteiger partial charge is 0.393 e. The zero-order chi connectivity index (χ0) is 11.9. The maximum Gasteiger partial charge on any atom is 0.393 e. The van der Waals surface area contributed by atoms with Crippen LogP contribution in [0.4, 0.5) is 10.2 Å². The Morgan fingerprint density at radius 3 is 2.88 bits per heavy atom. The van der Waals surface area contributed by atoms with Gasteiger partial charge in [0.15, 0.2) is 11.3 Å². The standard InChI is InChI=1S/C9H6FN3O3/c1-5(14)8-11-9(13(15)16)7-6(10)3-2-4-12(7)8/h2-4H,1H3. The lowest BCUT2D eigenvalue weighted by Gasteiger charge is -1.94. The molecule has 2 heterocycles. The van der Waals surface area contributed by atoms with Gasteiger partial charge in [0.25, 0.3) is 5.82 Å². The number of carbonyl (C=O) groups is 1. The second kappa shape index (κ2) is 3.37. The lowest BCUT2D eigenvalue weighted by molar-refractivity contribution is -0.387. The molecule has 6 nitrogen and oxygen atoms in total. The lowest BCUT2D eigenvalue weighted by atomic mass is 10.3. The van der Waals surface area contributed by atoms with Crippen molar-refractivity contribution in [3.05, 3.63) is 40.1 Å². The van der Waals surface area contributed by atoms with Crippen LogP contribution in [0.25, 0.3) is 5.52 Å². The Kier molecular flexibility index (Phi) is 2.15. The van der Waals surface area contributed by atoms with Crippen LogP contribution in [0.3, 0.4) is 0 Å². The fourth-order valence-corrected chi connectivity index (χ4v) is 1.46. The van der Waals surface area contributed by atoms with Crippen LogP contribution in [0.2, 0.25) is 0 Å². The van der Waals surface area contributed by atoms with E-state index in [2.05, 4.69) is 4.98 Å². The average molecular weight is 223 g/mol. The Hall–Kier alpha value is -2.31. The second-order valence-electron chi connectivity index (χ2n) is 3.15. The minimum atomic E-state index is -0.815. The fourth-order valence-electron chi connectivity index (χ4n) is 1.46. The third kappa shape index (κ3) is 1.33. The summed E-state index contributed by atoms with van der Waals surface area (Å²) in [6.07, 6.45) is 1.36. The lowest BCUT2D eigenvalue weighted by Crippen LogP contribution is -2.00. The van der Waals surface area contributed by atoms with Gasteiger partial charge in [0.05, 0.1) is 0 Å². The molecule has 0 aromatic carbocycles. The van der Waals surface area contributed by atoms with Crippen LogP contribution < -0.4 is 0 Å². The van der Waals surface area contributed by atoms with Gasteiger partial charge >= 0.3 is 5.82 Å². The van der Waals surface area contributed by atoms with Gasteiger partial charge in [-0.2, -0.15) is 0 Å². The minimum Gasteiger partial charge on any atom is -0.358 e. The number of pyridine rings is 1. The van der Waals surface area contributed by atoms with Crippen molar-refractivity contribution in [2.75, 3.05) is 0 Å². The minimum absolute atomic E-state index is 0.152. The quantitative estimate of drug-likeness (QED) is 0.440. The van der Waals surface area contributed by atoms with Gasteiger partial charge in [0, 0.05) is 13.1 Å². The summed E-state index contributed by atoms with van der Waals surface area (Å²) in [4.78, 5) is 24.5. The van der Waals surface area contributed by atoms with Gasteiger partial charge in [-0.05, 0) is 22.0 Å². The molecule has 0 saturated heterocycles. The van der Waals surface area contributed by atoms with Crippen molar-refractivity contribution in [1.29, 1.82) is 0 Å². The molecule has 0 saturated carbocycles. The molecule has 0 spiro atoms. The highest BCUT2D eigenvalue weighted by molar-refractivity contribution is 5.92. The molecule has 0 amide bonds. The number of rotatable bonds is 2. The van der Waals surface area contributed by atoms with Gasteiger partial charge in [-0.1, -0.05) is 0 Å². The van der Waals surface area contributed by atoms with Crippen molar-refractivity contribution in [2.45, 2.75) is 6.92 Å². The van der Waals surface area contributed by atoms with Gasteiger partial charge in [0.1, 0.15) is 0 Å². The van der Waals surface area contributed by atoms with Crippen LogP contribution in [0, 0.1) is 15.9 Å². The molecule has 0 radical (unpaired) electrons. The summed E-state index contributed by atoms with van der Waals surface area (Å²) in [5.74, 6) is -2.05. The highest BCUT2D eigenvalue weighted by Crippen LogP contribution is 2.23. The van der Waals surface area contributed by atoms with Crippen molar-refractivity contribution >= 4 is 17.1 Å². The molecule has 82 valence electrons. The summed E-state index contributed by atoms with van der Waals surface area (Å²) in [5, 5.41) is 10.7. The second-order valence-corrected chi connectivity index (χ2v) is 3.15. The molecule has 7 heteroatoms. The van der Waals surface area contributed by atoms with Gasteiger partial charge in [0.2, 0.25) is 5.78 Å². The van der Waals surface area contributed by atoms with E-state index in [4.69, 9.17) is 0 Å². The van der Waals surface area contributed by atoms with Crippen LogP contribution in [-0.2, 0) is 0 Å². The predicted octanol–water partition coefficient (Wildman–Crippen LogP) is 1.58. The van der Waals surface area contributed by atoms with Crippen LogP contribution in [0.1, 0.15) is 17.5 Å². The Balaban J connectivity index is 2.93. The molecule has 0 N–H and O–H groups in total. The number of aromatic nitrogens is 2. The summed E-state index contributed by atoms with van der Waals surface area (Å²) in [6, 6.07) is 2.42. The van der Waals surface area contributed by atoms with E-state index in [1.54, 1.807) is 0 Å². The SMILES string of the molecule is CC(=O)c1nc([N+](=O)[O-])c2c(F)cccn12. The molecular weight excluding hydrogens is 217 g/mol. The number of nitro groups is 1. The monoisotopic (exact) mass is 223 g/mol. The first-order valence-corrected chi connectivity index (χ1v) is 4.34. The predicted molar refractivity (Wildman–Crippen MR) is 51.8 cm³/mol. The normalized spacial score (nSPS) is 10.6. The Bertz CT molecular complexity index is 605. The van der Waals surface area contributed by atoms with Crippen molar-refractivity contribution in [1.82, 2.24) is 9.38 Å². The first-order chi connectivity index (χ1) is 7.52. The zero-order valence-corrected chi connectivity index (χ0v) is 8.18. The van der Waals surface area contributed by atoms with E-state index in [1.165, 1.54) is 19.2 Å². The van der Waals surface area contributed by atoms with E-state index in [0.29, 0.717) is 0 Å². The number of nitrogens with zero attached hydrogens (tertiary/aromatic N) is 3. The maximum atomic E-state index is 13.4. The smallest absolute Gasteiger partial charge is 0.358 e. The zero-order valence-electron chi connectivity index (χ0n) is 8.18. The number of carbonyl (C=O) groups excluding carboxylic acids is 1. The summed E-state index contributed by atoms with van der Waals surface area (Å²) in [5.41, 5.74) is -0.294. The highest BCUT2D eigenvalue weighted by atomic mass is 19.1. The first kappa shape index (κ1) is 10.2. The summed E-state index contributed by atoms with van der Waals surface area (Å²) < 4.78 is 14.5. The molecule has 2 aromatic rings. The van der Waals surface area contributed by atoms with Crippen LogP contribution in [0.15, 0.2) is 18.3 Å². The molecule has 0 aliphatic carbocycles. The fraction of sp³-hybridized carbons (Fsp3) is 0.111. The number of hydrogen-bond donors (Lipinski definition) is 0. The summed E-state index contributed by atoms with van der Waals surface area (Å²) in [6.45, 7) is 1.21. The Morgan fingerprint density at radius 1 is 1.62 bits per heavy atom. The van der Waals surface area contributed by atoms with E-state index >= 15 is 0 Å². The molecule has 0 fully saturated rings. The molecule has 2 rings (SSSR count). The van der Waals surface area contributed by atoms with Crippen molar-refractivity contribution in [2.24, 2.45) is 0 Å². The number of imidazole rings is 1. The van der Waals surface area contributed by atoms with E-state index in [0.717, 1.165) is 10.5 Å². The van der Waals surface area contributed by atoms with Gasteiger partial charge in [-0.15, -0.1) is 0 Å². The molecule has 0 aliphatic rings. The molecular formula is C9H6FN3O3. The number of fused-ring (bicyclic) bond motifs is 1.